The molecular weight excluding hydrogens is 284 g/mol. The molecule has 1 N–H and O–H groups in total. The highest BCUT2D eigenvalue weighted by Crippen LogP contribution is 2.09. The molecular formula is C15H26N4OS. The van der Waals surface area contributed by atoms with Crippen LogP contribution in [0.25, 0.3) is 0 Å². The summed E-state index contributed by atoms with van der Waals surface area (Å²) in [6.45, 7) is 4.30. The summed E-state index contributed by atoms with van der Waals surface area (Å²) in [5.41, 5.74) is 0. The number of aliphatic imine (C=N–C) groups is 1. The van der Waals surface area contributed by atoms with E-state index in [-0.39, 0.29) is 5.91 Å². The molecule has 0 radical (unpaired) electrons. The van der Waals surface area contributed by atoms with Gasteiger partial charge in [-0.15, -0.1) is 11.3 Å². The molecule has 118 valence electrons. The molecule has 0 aliphatic heterocycles. The lowest BCUT2D eigenvalue weighted by Crippen LogP contribution is -2.40. The monoisotopic (exact) mass is 310 g/mol. The third kappa shape index (κ3) is 6.62. The lowest BCUT2D eigenvalue weighted by atomic mass is 10.3. The molecule has 1 heterocycles. The molecule has 0 bridgehead atoms. The van der Waals surface area contributed by atoms with E-state index in [0.29, 0.717) is 13.0 Å². The number of nitrogens with zero attached hydrogens (tertiary/aromatic N) is 3. The average molecular weight is 310 g/mol. The number of likely N-dealkylation sites (N-methyl/N-ethyl adjacent to an activating group) is 1. The Morgan fingerprint density at radius 3 is 2.71 bits per heavy atom. The van der Waals surface area contributed by atoms with Crippen molar-refractivity contribution >= 4 is 23.2 Å². The van der Waals surface area contributed by atoms with E-state index in [4.69, 9.17) is 0 Å². The molecule has 1 aromatic rings. The number of carbonyl (C=O) groups is 1. The van der Waals surface area contributed by atoms with E-state index in [2.05, 4.69) is 32.7 Å². The lowest BCUT2D eigenvalue weighted by molar-refractivity contribution is -0.128. The van der Waals surface area contributed by atoms with Gasteiger partial charge in [0.15, 0.2) is 5.96 Å². The number of hydrogen-bond donors (Lipinski definition) is 1. The summed E-state index contributed by atoms with van der Waals surface area (Å²) in [5, 5.41) is 5.37. The second kappa shape index (κ2) is 9.39. The first-order valence-corrected chi connectivity index (χ1v) is 8.14. The van der Waals surface area contributed by atoms with Gasteiger partial charge in [0.25, 0.3) is 0 Å². The van der Waals surface area contributed by atoms with E-state index in [1.807, 2.05) is 14.0 Å². The highest BCUT2D eigenvalue weighted by atomic mass is 32.1. The molecule has 1 rings (SSSR count). The van der Waals surface area contributed by atoms with Crippen molar-refractivity contribution in [1.29, 1.82) is 0 Å². The van der Waals surface area contributed by atoms with Gasteiger partial charge in [0.05, 0.1) is 6.54 Å². The van der Waals surface area contributed by atoms with Crippen LogP contribution in [-0.4, -0.2) is 62.4 Å². The van der Waals surface area contributed by atoms with Crippen molar-refractivity contribution in [1.82, 2.24) is 15.1 Å². The van der Waals surface area contributed by atoms with Gasteiger partial charge < -0.3 is 15.1 Å². The van der Waals surface area contributed by atoms with E-state index in [1.54, 1.807) is 30.3 Å². The summed E-state index contributed by atoms with van der Waals surface area (Å²) in [4.78, 5) is 21.2. The minimum Gasteiger partial charge on any atom is -0.357 e. The highest BCUT2D eigenvalue weighted by Gasteiger charge is 2.07. The first-order chi connectivity index (χ1) is 10.0. The molecule has 1 aromatic heterocycles. The van der Waals surface area contributed by atoms with Crippen LogP contribution in [0.5, 0.6) is 0 Å². The summed E-state index contributed by atoms with van der Waals surface area (Å²) in [6, 6.07) is 4.23. The predicted molar refractivity (Wildman–Crippen MR) is 89.9 cm³/mol. The molecule has 5 nitrogen and oxygen atoms in total. The second-order valence-electron chi connectivity index (χ2n) is 5.02. The number of hydrogen-bond acceptors (Lipinski definition) is 3. The molecule has 0 fully saturated rings. The molecule has 0 aromatic carbocycles. The van der Waals surface area contributed by atoms with Crippen molar-refractivity contribution in [2.24, 2.45) is 4.99 Å². The summed E-state index contributed by atoms with van der Waals surface area (Å²) in [6.07, 6.45) is 1.45. The van der Waals surface area contributed by atoms with Gasteiger partial charge >= 0.3 is 0 Å². The number of rotatable bonds is 7. The molecule has 1 amide bonds. The average Bonchev–Trinajstić information content (AvgIpc) is 2.96. The predicted octanol–water partition coefficient (Wildman–Crippen LogP) is 1.67. The fourth-order valence-corrected chi connectivity index (χ4v) is 2.49. The molecule has 0 spiro atoms. The standard InChI is InChI=1S/C15H26N4OS/c1-5-16-15(17-10-8-14(20)18(2)3)19(4)11-9-13-7-6-12-21-13/h6-7,12H,5,8-11H2,1-4H3,(H,16,17). The molecule has 0 saturated heterocycles. The van der Waals surface area contributed by atoms with Crippen molar-refractivity contribution in [2.45, 2.75) is 19.8 Å². The molecule has 0 aliphatic rings. The zero-order chi connectivity index (χ0) is 15.7. The van der Waals surface area contributed by atoms with Crippen molar-refractivity contribution < 1.29 is 4.79 Å². The van der Waals surface area contributed by atoms with Gasteiger partial charge in [-0.25, -0.2) is 0 Å². The van der Waals surface area contributed by atoms with E-state index in [0.717, 1.165) is 25.5 Å². The van der Waals surface area contributed by atoms with Crippen molar-refractivity contribution in [3.63, 3.8) is 0 Å². The smallest absolute Gasteiger partial charge is 0.223 e. The Hall–Kier alpha value is -1.56. The van der Waals surface area contributed by atoms with Gasteiger partial charge in [-0.1, -0.05) is 6.07 Å². The first kappa shape index (κ1) is 17.5. The molecule has 0 aliphatic carbocycles. The second-order valence-corrected chi connectivity index (χ2v) is 6.06. The van der Waals surface area contributed by atoms with Gasteiger partial charge in [0.1, 0.15) is 0 Å². The Bertz CT molecular complexity index is 443. The maximum absolute atomic E-state index is 11.6. The van der Waals surface area contributed by atoms with E-state index in [1.165, 1.54) is 4.88 Å². The van der Waals surface area contributed by atoms with E-state index >= 15 is 0 Å². The fourth-order valence-electron chi connectivity index (χ4n) is 1.79. The molecule has 21 heavy (non-hydrogen) atoms. The number of thiophene rings is 1. The zero-order valence-corrected chi connectivity index (χ0v) is 14.2. The molecule has 0 unspecified atom stereocenters. The normalized spacial score (nSPS) is 11.3. The number of nitrogens with one attached hydrogen (secondary N) is 1. The molecule has 6 heteroatoms. The fraction of sp³-hybridized carbons (Fsp3) is 0.600. The Balaban J connectivity index is 2.47. The number of amides is 1. The summed E-state index contributed by atoms with van der Waals surface area (Å²) >= 11 is 1.78. The van der Waals surface area contributed by atoms with Gasteiger partial charge in [0, 0.05) is 45.5 Å². The van der Waals surface area contributed by atoms with Crippen LogP contribution in [0.2, 0.25) is 0 Å². The van der Waals surface area contributed by atoms with Crippen LogP contribution in [0.4, 0.5) is 0 Å². The zero-order valence-electron chi connectivity index (χ0n) is 13.4. The van der Waals surface area contributed by atoms with Gasteiger partial charge in [-0.2, -0.15) is 0 Å². The van der Waals surface area contributed by atoms with Crippen LogP contribution in [0.3, 0.4) is 0 Å². The SMILES string of the molecule is CCNC(=NCCC(=O)N(C)C)N(C)CCc1cccs1. The van der Waals surface area contributed by atoms with Crippen LogP contribution < -0.4 is 5.32 Å². The molecule has 0 atom stereocenters. The Labute approximate surface area is 131 Å². The third-order valence-electron chi connectivity index (χ3n) is 3.06. The minimum atomic E-state index is 0.107. The Kier molecular flexibility index (Phi) is 7.82. The Morgan fingerprint density at radius 1 is 1.38 bits per heavy atom. The van der Waals surface area contributed by atoms with Crippen LogP contribution in [0.1, 0.15) is 18.2 Å². The topological polar surface area (TPSA) is 47.9 Å². The summed E-state index contributed by atoms with van der Waals surface area (Å²) in [5.74, 6) is 0.969. The van der Waals surface area contributed by atoms with Gasteiger partial charge in [-0.05, 0) is 24.8 Å². The quantitative estimate of drug-likeness (QED) is 0.615. The lowest BCUT2D eigenvalue weighted by Gasteiger charge is -2.21. The first-order valence-electron chi connectivity index (χ1n) is 7.26. The van der Waals surface area contributed by atoms with E-state index < -0.39 is 0 Å². The van der Waals surface area contributed by atoms with Crippen LogP contribution in [0, 0.1) is 0 Å². The summed E-state index contributed by atoms with van der Waals surface area (Å²) < 4.78 is 0. The summed E-state index contributed by atoms with van der Waals surface area (Å²) in [7, 11) is 5.57. The maximum atomic E-state index is 11.6. The van der Waals surface area contributed by atoms with Crippen LogP contribution >= 0.6 is 11.3 Å². The van der Waals surface area contributed by atoms with Crippen molar-refractivity contribution in [2.75, 3.05) is 40.8 Å². The third-order valence-corrected chi connectivity index (χ3v) is 3.99. The van der Waals surface area contributed by atoms with Crippen LogP contribution in [-0.2, 0) is 11.2 Å². The largest absolute Gasteiger partial charge is 0.357 e. The highest BCUT2D eigenvalue weighted by molar-refractivity contribution is 7.09. The van der Waals surface area contributed by atoms with Crippen LogP contribution in [0.15, 0.2) is 22.5 Å². The van der Waals surface area contributed by atoms with Crippen molar-refractivity contribution in [3.05, 3.63) is 22.4 Å². The number of guanidine groups is 1. The van der Waals surface area contributed by atoms with E-state index in [9.17, 15) is 4.79 Å². The number of carbonyl (C=O) groups excluding carboxylic acids is 1. The molecule has 0 saturated carbocycles. The maximum Gasteiger partial charge on any atom is 0.223 e. The van der Waals surface area contributed by atoms with Gasteiger partial charge in [-0.3, -0.25) is 9.79 Å². The minimum absolute atomic E-state index is 0.107. The van der Waals surface area contributed by atoms with Crippen molar-refractivity contribution in [3.8, 4) is 0 Å². The van der Waals surface area contributed by atoms with Gasteiger partial charge in [0.2, 0.25) is 5.91 Å². The Morgan fingerprint density at radius 2 is 2.14 bits per heavy atom.